The molecule has 1 aliphatic heterocycles. The molecule has 1 aromatic heterocycles. The number of nitrogens with zero attached hydrogens (tertiary/aromatic N) is 4. The zero-order valence-electron chi connectivity index (χ0n) is 33.5. The number of ether oxygens (including phenoxy) is 3. The molecule has 14 nitrogen and oxygen atoms in total. The molecule has 1 unspecified atom stereocenters. The number of carbonyl (C=O) groups is 4. The number of likely N-dealkylation sites (N-methyl/N-ethyl adjacent to an activating group) is 1. The van der Waals surface area contributed by atoms with E-state index in [2.05, 4.69) is 26.3 Å². The first-order chi connectivity index (χ1) is 26.2. The maximum Gasteiger partial charge on any atom is 0.407 e. The quantitative estimate of drug-likeness (QED) is 0.119. The molecule has 0 aliphatic carbocycles. The second-order valence-corrected chi connectivity index (χ2v) is 15.1. The van der Waals surface area contributed by atoms with Gasteiger partial charge in [0.2, 0.25) is 11.8 Å². The molecule has 0 fully saturated rings. The Balaban J connectivity index is 1.38. The highest BCUT2D eigenvalue weighted by atomic mass is 16.5. The number of methoxy groups -OCH3 is 1. The van der Waals surface area contributed by atoms with E-state index in [9.17, 15) is 19.2 Å². The summed E-state index contributed by atoms with van der Waals surface area (Å²) in [7, 11) is 3.45. The summed E-state index contributed by atoms with van der Waals surface area (Å²) in [6, 6.07) is 15.2. The molecule has 0 spiro atoms. The molecule has 0 saturated carbocycles. The summed E-state index contributed by atoms with van der Waals surface area (Å²) in [5.41, 5.74) is 3.82. The number of anilines is 1. The Kier molecular flexibility index (Phi) is 15.9. The summed E-state index contributed by atoms with van der Waals surface area (Å²) in [6.45, 7) is 11.6. The minimum atomic E-state index is -0.537. The van der Waals surface area contributed by atoms with Crippen LogP contribution in [-0.4, -0.2) is 96.4 Å². The lowest BCUT2D eigenvalue weighted by Gasteiger charge is -2.29. The van der Waals surface area contributed by atoms with Crippen LogP contribution in [0, 0.1) is 0 Å². The van der Waals surface area contributed by atoms with Crippen molar-refractivity contribution in [3.05, 3.63) is 54.1 Å². The predicted octanol–water partition coefficient (Wildman–Crippen LogP) is 5.43. The number of Topliss-reactive ketones (excluding diaryl/α,β-unsaturated/α-hetero) is 1. The number of unbranched alkanes of at least 4 members (excludes halogenated alkanes) is 1. The smallest absolute Gasteiger partial charge is 0.407 e. The third-order valence-corrected chi connectivity index (χ3v) is 10.0. The number of ketones is 1. The van der Waals surface area contributed by atoms with Crippen LogP contribution < -0.4 is 20.9 Å². The fourth-order valence-corrected chi connectivity index (χ4v) is 6.38. The highest BCUT2D eigenvalue weighted by Gasteiger charge is 2.29. The summed E-state index contributed by atoms with van der Waals surface area (Å²) in [4.78, 5) is 52.7. The SMILES string of the molecule is CNC(CCCCNC(=O)OCCn1nnc2c1-c1ccccc1N(C(=O)CCC(=O)NCCC(C)(C)OCCC(C)(C)OC)Cc1ccccc1-2)C(C)=O. The minimum Gasteiger partial charge on any atom is -0.448 e. The second-order valence-electron chi connectivity index (χ2n) is 15.1. The van der Waals surface area contributed by atoms with Gasteiger partial charge in [-0.25, -0.2) is 9.48 Å². The zero-order valence-corrected chi connectivity index (χ0v) is 33.5. The molecule has 3 N–H and O–H groups in total. The predicted molar refractivity (Wildman–Crippen MR) is 211 cm³/mol. The van der Waals surface area contributed by atoms with E-state index in [1.807, 2.05) is 76.2 Å². The van der Waals surface area contributed by atoms with Crippen molar-refractivity contribution in [3.8, 4) is 22.5 Å². The molecule has 3 aromatic rings. The maximum atomic E-state index is 14.0. The Morgan fingerprint density at radius 2 is 1.60 bits per heavy atom. The molecule has 2 aromatic carbocycles. The van der Waals surface area contributed by atoms with Crippen LogP contribution in [0.5, 0.6) is 0 Å². The molecular formula is C41H59N7O7. The number of rotatable bonds is 21. The summed E-state index contributed by atoms with van der Waals surface area (Å²) >= 11 is 0. The van der Waals surface area contributed by atoms with Gasteiger partial charge in [0, 0.05) is 44.2 Å². The van der Waals surface area contributed by atoms with Crippen molar-refractivity contribution in [1.29, 1.82) is 0 Å². The number of para-hydroxylation sites is 1. The molecule has 1 atom stereocenters. The molecule has 0 radical (unpaired) electrons. The van der Waals surface area contributed by atoms with Gasteiger partial charge in [0.1, 0.15) is 18.1 Å². The molecule has 55 heavy (non-hydrogen) atoms. The number of nitrogens with one attached hydrogen (secondary N) is 3. The highest BCUT2D eigenvalue weighted by Crippen LogP contribution is 2.41. The lowest BCUT2D eigenvalue weighted by molar-refractivity contribution is -0.125. The molecule has 0 bridgehead atoms. The van der Waals surface area contributed by atoms with Gasteiger partial charge < -0.3 is 35.1 Å². The van der Waals surface area contributed by atoms with Crippen LogP contribution >= 0.6 is 0 Å². The number of carbonyl (C=O) groups excluding carboxylic acids is 4. The van der Waals surface area contributed by atoms with Crippen molar-refractivity contribution in [3.63, 3.8) is 0 Å². The zero-order chi connectivity index (χ0) is 40.0. The van der Waals surface area contributed by atoms with Gasteiger partial charge in [-0.1, -0.05) is 47.7 Å². The van der Waals surface area contributed by atoms with Crippen LogP contribution in [0.2, 0.25) is 0 Å². The number of hydrogen-bond donors (Lipinski definition) is 3. The van der Waals surface area contributed by atoms with Gasteiger partial charge in [-0.2, -0.15) is 0 Å². The topological polar surface area (TPSA) is 166 Å². The van der Waals surface area contributed by atoms with Crippen molar-refractivity contribution >= 4 is 29.4 Å². The fraction of sp³-hybridized carbons (Fsp3) is 0.561. The largest absolute Gasteiger partial charge is 0.448 e. The molecule has 4 rings (SSSR count). The first-order valence-electron chi connectivity index (χ1n) is 19.2. The number of benzene rings is 2. The van der Waals surface area contributed by atoms with Gasteiger partial charge in [0.25, 0.3) is 0 Å². The number of fused-ring (bicyclic) bond motifs is 5. The second kappa shape index (κ2) is 20.3. The normalized spacial score (nSPS) is 13.1. The molecule has 0 saturated heterocycles. The van der Waals surface area contributed by atoms with E-state index >= 15 is 0 Å². The van der Waals surface area contributed by atoms with Gasteiger partial charge in [-0.15, -0.1) is 5.10 Å². The van der Waals surface area contributed by atoms with Gasteiger partial charge in [-0.3, -0.25) is 14.4 Å². The maximum absolute atomic E-state index is 14.0. The monoisotopic (exact) mass is 761 g/mol. The Labute approximate surface area is 325 Å². The van der Waals surface area contributed by atoms with Crippen LogP contribution in [0.25, 0.3) is 22.5 Å². The van der Waals surface area contributed by atoms with E-state index in [-0.39, 0.29) is 55.2 Å². The van der Waals surface area contributed by atoms with Crippen LogP contribution in [0.3, 0.4) is 0 Å². The van der Waals surface area contributed by atoms with Crippen molar-refractivity contribution in [2.24, 2.45) is 0 Å². The van der Waals surface area contributed by atoms with Crippen LogP contribution in [-0.2, 0) is 41.7 Å². The molecule has 1 aliphatic rings. The Morgan fingerprint density at radius 3 is 2.33 bits per heavy atom. The number of aromatic nitrogens is 3. The van der Waals surface area contributed by atoms with Crippen LogP contribution in [0.4, 0.5) is 10.5 Å². The first kappa shape index (κ1) is 43.1. The van der Waals surface area contributed by atoms with E-state index in [1.165, 1.54) is 0 Å². The number of amides is 3. The summed E-state index contributed by atoms with van der Waals surface area (Å²) in [5, 5.41) is 17.7. The summed E-state index contributed by atoms with van der Waals surface area (Å²) in [6.07, 6.45) is 3.11. The lowest BCUT2D eigenvalue weighted by atomic mass is 9.95. The van der Waals surface area contributed by atoms with Crippen molar-refractivity contribution < 1.29 is 33.4 Å². The van der Waals surface area contributed by atoms with Gasteiger partial charge in [-0.05, 0) is 85.4 Å². The summed E-state index contributed by atoms with van der Waals surface area (Å²) in [5.74, 6) is -0.292. The Hall–Kier alpha value is -4.66. The van der Waals surface area contributed by atoms with Crippen LogP contribution in [0.1, 0.15) is 85.1 Å². The van der Waals surface area contributed by atoms with E-state index in [4.69, 9.17) is 14.2 Å². The Bertz CT molecular complexity index is 1760. The van der Waals surface area contributed by atoms with Crippen molar-refractivity contribution in [2.75, 3.05) is 45.4 Å². The number of hydrogen-bond acceptors (Lipinski definition) is 10. The average Bonchev–Trinajstić information content (AvgIpc) is 3.56. The van der Waals surface area contributed by atoms with E-state index < -0.39 is 11.7 Å². The molecule has 14 heteroatoms. The third-order valence-electron chi connectivity index (χ3n) is 10.0. The van der Waals surface area contributed by atoms with Gasteiger partial charge >= 0.3 is 6.09 Å². The average molecular weight is 762 g/mol. The van der Waals surface area contributed by atoms with E-state index in [0.717, 1.165) is 36.0 Å². The molecule has 300 valence electrons. The first-order valence-corrected chi connectivity index (χ1v) is 19.2. The van der Waals surface area contributed by atoms with E-state index in [1.54, 1.807) is 30.7 Å². The third kappa shape index (κ3) is 12.7. The fourth-order valence-electron chi connectivity index (χ4n) is 6.38. The number of alkyl carbamates (subject to hydrolysis) is 1. The van der Waals surface area contributed by atoms with Crippen molar-refractivity contribution in [1.82, 2.24) is 30.9 Å². The lowest BCUT2D eigenvalue weighted by Crippen LogP contribution is -2.35. The van der Waals surface area contributed by atoms with Gasteiger partial charge in [0.05, 0.1) is 48.3 Å². The minimum absolute atomic E-state index is 0.0223. The van der Waals surface area contributed by atoms with Crippen molar-refractivity contribution in [2.45, 2.75) is 110 Å². The van der Waals surface area contributed by atoms with Crippen LogP contribution in [0.15, 0.2) is 48.5 Å². The van der Waals surface area contributed by atoms with Gasteiger partial charge in [0.15, 0.2) is 0 Å². The molecule has 3 amide bonds. The summed E-state index contributed by atoms with van der Waals surface area (Å²) < 4.78 is 18.7. The standard InChI is InChI=1S/C41H59N7O7/c1-29(49)33(42-6)17-12-13-23-44-39(52)54-27-25-48-38-32-16-10-11-18-34(32)47(28-30-14-8-9-15-31(30)37(38)45-46-48)36(51)20-19-35(50)43-24-21-41(4,5)55-26-22-40(2,3)53-7/h8-11,14-16,18,33,42H,12-13,17,19-28H2,1-7H3,(H,43,50)(H,44,52). The Morgan fingerprint density at radius 1 is 0.873 bits per heavy atom. The highest BCUT2D eigenvalue weighted by molar-refractivity contribution is 6.01. The van der Waals surface area contributed by atoms with E-state index in [0.29, 0.717) is 56.2 Å². The molecule has 2 heterocycles. The molecular weight excluding hydrogens is 702 g/mol.